The first-order chi connectivity index (χ1) is 8.97. The molecule has 0 aromatic carbocycles. The molecule has 19 heavy (non-hydrogen) atoms. The number of aromatic amines is 1. The SMILES string of the molecule is O=C(O)CNC(=O)CNC(=O)NCc1csc(=O)[nH]1. The first-order valence-corrected chi connectivity index (χ1v) is 6.02. The fraction of sp³-hybridized carbons (Fsp3) is 0.333. The molecule has 0 aliphatic rings. The molecule has 0 aliphatic carbocycles. The van der Waals surface area contributed by atoms with Crippen LogP contribution in [-0.2, 0) is 16.1 Å². The average molecular weight is 288 g/mol. The van der Waals surface area contributed by atoms with Crippen molar-refractivity contribution in [3.8, 4) is 0 Å². The second kappa shape index (κ2) is 7.16. The van der Waals surface area contributed by atoms with Gasteiger partial charge in [-0.25, -0.2) is 4.79 Å². The van der Waals surface area contributed by atoms with Crippen LogP contribution >= 0.6 is 11.3 Å². The Morgan fingerprint density at radius 2 is 1.95 bits per heavy atom. The van der Waals surface area contributed by atoms with Crippen molar-refractivity contribution in [2.75, 3.05) is 13.1 Å². The van der Waals surface area contributed by atoms with Gasteiger partial charge in [-0.2, -0.15) is 0 Å². The Hall–Kier alpha value is -2.36. The normalized spacial score (nSPS) is 9.68. The van der Waals surface area contributed by atoms with Gasteiger partial charge in [0.1, 0.15) is 6.54 Å². The zero-order chi connectivity index (χ0) is 14.3. The molecule has 0 fully saturated rings. The van der Waals surface area contributed by atoms with Gasteiger partial charge in [0.2, 0.25) is 5.91 Å². The van der Waals surface area contributed by atoms with Gasteiger partial charge in [0.15, 0.2) is 0 Å². The van der Waals surface area contributed by atoms with Gasteiger partial charge in [-0.1, -0.05) is 11.3 Å². The highest BCUT2D eigenvalue weighted by molar-refractivity contribution is 7.07. The summed E-state index contributed by atoms with van der Waals surface area (Å²) in [7, 11) is 0. The van der Waals surface area contributed by atoms with Gasteiger partial charge >= 0.3 is 16.9 Å². The Kier molecular flexibility index (Phi) is 5.54. The van der Waals surface area contributed by atoms with E-state index in [1.807, 2.05) is 0 Å². The molecular weight excluding hydrogens is 276 g/mol. The number of thiazole rings is 1. The largest absolute Gasteiger partial charge is 0.480 e. The summed E-state index contributed by atoms with van der Waals surface area (Å²) in [5.41, 5.74) is 0.556. The van der Waals surface area contributed by atoms with Crippen LogP contribution in [-0.4, -0.2) is 41.1 Å². The van der Waals surface area contributed by atoms with E-state index in [0.717, 1.165) is 11.3 Å². The maximum atomic E-state index is 11.3. The Balaban J connectivity index is 2.19. The van der Waals surface area contributed by atoms with Gasteiger partial charge in [-0.15, -0.1) is 0 Å². The summed E-state index contributed by atoms with van der Waals surface area (Å²) in [6.07, 6.45) is 0. The summed E-state index contributed by atoms with van der Waals surface area (Å²) < 4.78 is 0. The minimum absolute atomic E-state index is 0.126. The lowest BCUT2D eigenvalue weighted by atomic mass is 10.5. The zero-order valence-electron chi connectivity index (χ0n) is 9.69. The van der Waals surface area contributed by atoms with Crippen molar-refractivity contribution in [3.63, 3.8) is 0 Å². The summed E-state index contributed by atoms with van der Waals surface area (Å²) in [6, 6.07) is -0.600. The van der Waals surface area contributed by atoms with Crippen LogP contribution in [0.4, 0.5) is 4.79 Å². The molecule has 10 heteroatoms. The van der Waals surface area contributed by atoms with Gasteiger partial charge in [-0.3, -0.25) is 14.4 Å². The number of nitrogens with one attached hydrogen (secondary N) is 4. The van der Waals surface area contributed by atoms with Crippen LogP contribution in [0.5, 0.6) is 0 Å². The van der Waals surface area contributed by atoms with Crippen LogP contribution in [0.15, 0.2) is 10.2 Å². The first-order valence-electron chi connectivity index (χ1n) is 5.14. The number of rotatable bonds is 6. The van der Waals surface area contributed by atoms with E-state index in [-0.39, 0.29) is 18.0 Å². The van der Waals surface area contributed by atoms with Gasteiger partial charge in [-0.05, 0) is 0 Å². The summed E-state index contributed by atoms with van der Waals surface area (Å²) in [5.74, 6) is -1.78. The molecule has 0 bridgehead atoms. The first kappa shape index (κ1) is 14.7. The number of aromatic nitrogens is 1. The third-order valence-corrected chi connectivity index (χ3v) is 2.58. The number of urea groups is 1. The Morgan fingerprint density at radius 3 is 2.53 bits per heavy atom. The van der Waals surface area contributed by atoms with Crippen molar-refractivity contribution in [1.29, 1.82) is 0 Å². The van der Waals surface area contributed by atoms with Crippen LogP contribution < -0.4 is 20.8 Å². The van der Waals surface area contributed by atoms with Crippen molar-refractivity contribution >= 4 is 29.2 Å². The Labute approximate surface area is 111 Å². The maximum Gasteiger partial charge on any atom is 0.322 e. The highest BCUT2D eigenvalue weighted by atomic mass is 32.1. The van der Waals surface area contributed by atoms with E-state index in [9.17, 15) is 19.2 Å². The number of hydrogen-bond donors (Lipinski definition) is 5. The number of carboxylic acids is 1. The molecule has 9 nitrogen and oxygen atoms in total. The fourth-order valence-corrected chi connectivity index (χ4v) is 1.62. The van der Waals surface area contributed by atoms with Gasteiger partial charge in [0.25, 0.3) is 0 Å². The second-order valence-corrected chi connectivity index (χ2v) is 4.22. The summed E-state index contributed by atoms with van der Waals surface area (Å²) in [6.45, 7) is -0.709. The topological polar surface area (TPSA) is 140 Å². The minimum Gasteiger partial charge on any atom is -0.480 e. The highest BCUT2D eigenvalue weighted by Gasteiger charge is 2.06. The number of aliphatic carboxylic acids is 1. The lowest BCUT2D eigenvalue weighted by Crippen LogP contribution is -2.42. The molecule has 3 amide bonds. The molecule has 0 aliphatic heterocycles. The molecule has 1 heterocycles. The maximum absolute atomic E-state index is 11.3. The Bertz CT molecular complexity index is 523. The predicted octanol–water partition coefficient (Wildman–Crippen LogP) is -1.56. The van der Waals surface area contributed by atoms with Gasteiger partial charge in [0, 0.05) is 11.1 Å². The molecule has 1 aromatic rings. The Morgan fingerprint density at radius 1 is 1.21 bits per heavy atom. The van der Waals surface area contributed by atoms with Crippen molar-refractivity contribution in [2.24, 2.45) is 0 Å². The number of amides is 3. The molecule has 0 radical (unpaired) electrons. The number of carbonyl (C=O) groups excluding carboxylic acids is 2. The van der Waals surface area contributed by atoms with E-state index in [4.69, 9.17) is 5.11 Å². The molecule has 0 atom stereocenters. The van der Waals surface area contributed by atoms with Crippen molar-refractivity contribution in [1.82, 2.24) is 20.9 Å². The molecule has 0 saturated carbocycles. The predicted molar refractivity (Wildman–Crippen MR) is 65.8 cm³/mol. The molecule has 5 N–H and O–H groups in total. The summed E-state index contributed by atoms with van der Waals surface area (Å²) >= 11 is 0.981. The number of hydrogen-bond acceptors (Lipinski definition) is 5. The van der Waals surface area contributed by atoms with E-state index in [1.165, 1.54) is 0 Å². The van der Waals surface area contributed by atoms with Crippen molar-refractivity contribution in [3.05, 3.63) is 20.7 Å². The van der Waals surface area contributed by atoms with Crippen LogP contribution in [0.2, 0.25) is 0 Å². The smallest absolute Gasteiger partial charge is 0.322 e. The summed E-state index contributed by atoms with van der Waals surface area (Å²) in [4.78, 5) is 45.6. The lowest BCUT2D eigenvalue weighted by Gasteiger charge is -2.06. The molecule has 1 rings (SSSR count). The third-order valence-electron chi connectivity index (χ3n) is 1.86. The summed E-state index contributed by atoms with van der Waals surface area (Å²) in [5, 5.41) is 16.6. The molecular formula is C9H12N4O5S. The van der Waals surface area contributed by atoms with Crippen LogP contribution in [0.3, 0.4) is 0 Å². The molecule has 1 aromatic heterocycles. The van der Waals surface area contributed by atoms with Crippen LogP contribution in [0.25, 0.3) is 0 Å². The van der Waals surface area contributed by atoms with E-state index < -0.39 is 24.5 Å². The minimum atomic E-state index is -1.17. The van der Waals surface area contributed by atoms with Crippen LogP contribution in [0, 0.1) is 0 Å². The highest BCUT2D eigenvalue weighted by Crippen LogP contribution is 1.93. The lowest BCUT2D eigenvalue weighted by molar-refractivity contribution is -0.137. The number of H-pyrrole nitrogens is 1. The van der Waals surface area contributed by atoms with E-state index in [1.54, 1.807) is 5.38 Å². The van der Waals surface area contributed by atoms with Crippen molar-refractivity contribution < 1.29 is 19.5 Å². The van der Waals surface area contributed by atoms with E-state index in [0.29, 0.717) is 5.69 Å². The number of carbonyl (C=O) groups is 3. The fourth-order valence-electron chi connectivity index (χ4n) is 1.04. The van der Waals surface area contributed by atoms with Gasteiger partial charge < -0.3 is 26.0 Å². The van der Waals surface area contributed by atoms with Crippen LogP contribution in [0.1, 0.15) is 5.69 Å². The monoisotopic (exact) mass is 288 g/mol. The standard InChI is InChI=1S/C9H12N4O5S/c14-6(10-3-7(15)16)2-12-8(17)11-1-5-4-19-9(18)13-5/h4H,1-3H2,(H,10,14)(H,13,18)(H,15,16)(H2,11,12,17). The molecule has 0 unspecified atom stereocenters. The van der Waals surface area contributed by atoms with Gasteiger partial charge in [0.05, 0.1) is 13.1 Å². The number of carboxylic acid groups (broad SMARTS) is 1. The average Bonchev–Trinajstić information content (AvgIpc) is 2.77. The zero-order valence-corrected chi connectivity index (χ0v) is 10.5. The third kappa shape index (κ3) is 6.21. The van der Waals surface area contributed by atoms with E-state index in [2.05, 4.69) is 20.9 Å². The van der Waals surface area contributed by atoms with Crippen molar-refractivity contribution in [2.45, 2.75) is 6.54 Å². The molecule has 104 valence electrons. The molecule has 0 spiro atoms. The second-order valence-electron chi connectivity index (χ2n) is 3.38. The van der Waals surface area contributed by atoms with E-state index >= 15 is 0 Å². The quantitative estimate of drug-likeness (QED) is 0.430. The molecule has 0 saturated heterocycles.